The van der Waals surface area contributed by atoms with Crippen molar-refractivity contribution in [3.63, 3.8) is 0 Å². The van der Waals surface area contributed by atoms with Gasteiger partial charge in [-0.25, -0.2) is 8.42 Å². The van der Waals surface area contributed by atoms with Crippen molar-refractivity contribution >= 4 is 16.0 Å². The molecule has 0 aliphatic rings. The number of carbonyl (C=O) groups excluding carboxylic acids is 1. The zero-order valence-corrected chi connectivity index (χ0v) is 12.7. The van der Waals surface area contributed by atoms with Crippen molar-refractivity contribution in [1.29, 1.82) is 0 Å². The molecule has 1 aromatic heterocycles. The summed E-state index contributed by atoms with van der Waals surface area (Å²) in [5.74, 6) is -0.854. The first-order chi connectivity index (χ1) is 10.4. The number of hydrogen-bond donors (Lipinski definition) is 1. The average Bonchev–Trinajstić information content (AvgIpc) is 2.52. The molecule has 0 aliphatic carbocycles. The number of nitrogens with one attached hydrogen (secondary N) is 1. The van der Waals surface area contributed by atoms with Crippen LogP contribution in [0.15, 0.2) is 42.7 Å². The Morgan fingerprint density at radius 2 is 2.00 bits per heavy atom. The van der Waals surface area contributed by atoms with Gasteiger partial charge < -0.3 is 9.87 Å². The Balaban J connectivity index is 2.44. The summed E-state index contributed by atoms with van der Waals surface area (Å²) in [6.45, 7) is -0.0698. The van der Waals surface area contributed by atoms with Crippen molar-refractivity contribution < 1.29 is 22.4 Å². The second kappa shape index (κ2) is 6.63. The van der Waals surface area contributed by atoms with E-state index in [9.17, 15) is 17.8 Å². The maximum atomic E-state index is 11.9. The molecule has 0 atom stereocenters. The number of carbonyl (C=O) groups is 1. The average molecular weight is 321 g/mol. The number of nitrogens with zero attached hydrogens (tertiary/aromatic N) is 2. The topological polar surface area (TPSA) is 103 Å². The minimum absolute atomic E-state index is 0.0698. The third-order valence-electron chi connectivity index (χ3n) is 3.03. The first kappa shape index (κ1) is 16.1. The fourth-order valence-corrected chi connectivity index (χ4v) is 2.35. The molecule has 0 fully saturated rings. The molecule has 0 saturated heterocycles. The van der Waals surface area contributed by atoms with E-state index in [1.54, 1.807) is 6.20 Å². The summed E-state index contributed by atoms with van der Waals surface area (Å²) in [6, 6.07) is 9.17. The molecular weight excluding hydrogens is 306 g/mol. The third kappa shape index (κ3) is 4.09. The maximum absolute atomic E-state index is 11.9. The molecule has 0 radical (unpaired) electrons. The van der Waals surface area contributed by atoms with Gasteiger partial charge in [-0.2, -0.15) is 0 Å². The predicted molar refractivity (Wildman–Crippen MR) is 77.8 cm³/mol. The van der Waals surface area contributed by atoms with Crippen LogP contribution in [0.5, 0.6) is 0 Å². The zero-order chi connectivity index (χ0) is 16.2. The molecule has 0 saturated carbocycles. The number of aromatic nitrogens is 2. The van der Waals surface area contributed by atoms with Gasteiger partial charge in [0.15, 0.2) is 6.54 Å². The summed E-state index contributed by atoms with van der Waals surface area (Å²) in [7, 11) is -2.80. The number of amides is 1. The summed E-state index contributed by atoms with van der Waals surface area (Å²) in [6.07, 6.45) is 2.92. The second-order valence-corrected chi connectivity index (χ2v) is 6.09. The SMILES string of the molecule is CNC(=O)c1cn[n+](CCS(=O)(=O)[O-])cc1-c1ccccc1. The Hall–Kier alpha value is -2.32. The van der Waals surface area contributed by atoms with Crippen LogP contribution in [0.25, 0.3) is 11.1 Å². The highest BCUT2D eigenvalue weighted by molar-refractivity contribution is 7.85. The molecule has 8 heteroatoms. The second-order valence-electron chi connectivity index (χ2n) is 4.57. The smallest absolute Gasteiger partial charge is 0.253 e. The highest BCUT2D eigenvalue weighted by atomic mass is 32.2. The number of hydrogen-bond acceptors (Lipinski definition) is 5. The molecule has 7 nitrogen and oxygen atoms in total. The largest absolute Gasteiger partial charge is 0.748 e. The lowest BCUT2D eigenvalue weighted by Crippen LogP contribution is -2.41. The molecule has 1 N–H and O–H groups in total. The minimum atomic E-state index is -4.32. The van der Waals surface area contributed by atoms with E-state index in [0.29, 0.717) is 11.1 Å². The third-order valence-corrected chi connectivity index (χ3v) is 3.71. The minimum Gasteiger partial charge on any atom is -0.748 e. The van der Waals surface area contributed by atoms with E-state index < -0.39 is 15.9 Å². The maximum Gasteiger partial charge on any atom is 0.253 e. The van der Waals surface area contributed by atoms with E-state index in [-0.39, 0.29) is 12.5 Å². The van der Waals surface area contributed by atoms with Gasteiger partial charge >= 0.3 is 0 Å². The van der Waals surface area contributed by atoms with Crippen molar-refractivity contribution in [3.05, 3.63) is 48.3 Å². The van der Waals surface area contributed by atoms with Crippen LogP contribution in [0.1, 0.15) is 10.4 Å². The van der Waals surface area contributed by atoms with Crippen LogP contribution in [0.3, 0.4) is 0 Å². The summed E-state index contributed by atoms with van der Waals surface area (Å²) in [4.78, 5) is 11.9. The highest BCUT2D eigenvalue weighted by Crippen LogP contribution is 2.21. The van der Waals surface area contributed by atoms with Crippen LogP contribution in [0.4, 0.5) is 0 Å². The van der Waals surface area contributed by atoms with Crippen molar-refractivity contribution in [2.24, 2.45) is 0 Å². The molecule has 0 bridgehead atoms. The van der Waals surface area contributed by atoms with Crippen LogP contribution in [-0.4, -0.2) is 36.8 Å². The highest BCUT2D eigenvalue weighted by Gasteiger charge is 2.18. The van der Waals surface area contributed by atoms with E-state index in [4.69, 9.17) is 0 Å². The van der Waals surface area contributed by atoms with E-state index in [1.165, 1.54) is 17.9 Å². The standard InChI is InChI=1S/C14H15N3O4S/c1-15-14(18)12-9-16-17(7-8-22(19,20)21)10-13(12)11-5-3-2-4-6-11/h2-6,9-10H,7-8H2,1H3,(H-,15,18,19,20,21). The van der Waals surface area contributed by atoms with Gasteiger partial charge in [0.2, 0.25) is 6.20 Å². The molecule has 1 amide bonds. The van der Waals surface area contributed by atoms with Crippen LogP contribution in [-0.2, 0) is 16.7 Å². The monoisotopic (exact) mass is 321 g/mol. The quantitative estimate of drug-likeness (QED) is 0.614. The van der Waals surface area contributed by atoms with Gasteiger partial charge in [0.25, 0.3) is 5.91 Å². The van der Waals surface area contributed by atoms with E-state index in [2.05, 4.69) is 10.4 Å². The van der Waals surface area contributed by atoms with E-state index >= 15 is 0 Å². The molecule has 22 heavy (non-hydrogen) atoms. The van der Waals surface area contributed by atoms with Crippen LogP contribution < -0.4 is 10.00 Å². The molecule has 2 aromatic rings. The van der Waals surface area contributed by atoms with Crippen molar-refractivity contribution in [3.8, 4) is 11.1 Å². The summed E-state index contributed by atoms with van der Waals surface area (Å²) >= 11 is 0. The van der Waals surface area contributed by atoms with Gasteiger partial charge in [-0.1, -0.05) is 35.0 Å². The van der Waals surface area contributed by atoms with E-state index in [0.717, 1.165) is 5.56 Å². The fourth-order valence-electron chi connectivity index (χ4n) is 1.94. The van der Waals surface area contributed by atoms with Gasteiger partial charge in [-0.05, 0) is 10.7 Å². The lowest BCUT2D eigenvalue weighted by atomic mass is 10.0. The molecule has 1 aromatic carbocycles. The van der Waals surface area contributed by atoms with Crippen LogP contribution in [0, 0.1) is 0 Å². The van der Waals surface area contributed by atoms with Crippen LogP contribution in [0.2, 0.25) is 0 Å². The number of benzene rings is 1. The van der Waals surface area contributed by atoms with Crippen molar-refractivity contribution in [2.45, 2.75) is 6.54 Å². The van der Waals surface area contributed by atoms with Gasteiger partial charge in [-0.3, -0.25) is 4.79 Å². The summed E-state index contributed by atoms with van der Waals surface area (Å²) in [5.41, 5.74) is 1.77. The summed E-state index contributed by atoms with van der Waals surface area (Å²) < 4.78 is 33.5. The Morgan fingerprint density at radius 3 is 2.59 bits per heavy atom. The van der Waals surface area contributed by atoms with Crippen LogP contribution >= 0.6 is 0 Å². The van der Waals surface area contributed by atoms with E-state index in [1.807, 2.05) is 30.3 Å². The Morgan fingerprint density at radius 1 is 1.32 bits per heavy atom. The molecule has 0 spiro atoms. The Kier molecular flexibility index (Phi) is 4.84. The lowest BCUT2D eigenvalue weighted by molar-refractivity contribution is -0.749. The normalized spacial score (nSPS) is 11.2. The van der Waals surface area contributed by atoms with Gasteiger partial charge in [-0.15, -0.1) is 0 Å². The molecular formula is C14H15N3O4S. The number of aryl methyl sites for hydroxylation is 1. The Bertz CT molecular complexity index is 776. The zero-order valence-electron chi connectivity index (χ0n) is 11.9. The van der Waals surface area contributed by atoms with Crippen molar-refractivity contribution in [2.75, 3.05) is 12.8 Å². The Labute approximate surface area is 128 Å². The predicted octanol–water partition coefficient (Wildman–Crippen LogP) is -0.0591. The molecule has 116 valence electrons. The summed E-state index contributed by atoms with van der Waals surface area (Å²) in [5, 5.41) is 6.52. The van der Waals surface area contributed by atoms with Crippen molar-refractivity contribution in [1.82, 2.24) is 10.4 Å². The first-order valence-electron chi connectivity index (χ1n) is 6.51. The molecule has 1 heterocycles. The van der Waals surface area contributed by atoms with Gasteiger partial charge in [0.05, 0.1) is 16.9 Å². The molecule has 0 unspecified atom stereocenters. The molecule has 2 rings (SSSR count). The lowest BCUT2D eigenvalue weighted by Gasteiger charge is -2.07. The fraction of sp³-hybridized carbons (Fsp3) is 0.214. The molecule has 0 aliphatic heterocycles. The van der Waals surface area contributed by atoms with Gasteiger partial charge in [0, 0.05) is 7.05 Å². The first-order valence-corrected chi connectivity index (χ1v) is 8.09. The van der Waals surface area contributed by atoms with Gasteiger partial charge in [0.1, 0.15) is 16.3 Å². The number of rotatable bonds is 5.